The molecular formula is C19H21NO. The second-order valence-corrected chi connectivity index (χ2v) is 5.68. The summed E-state index contributed by atoms with van der Waals surface area (Å²) in [6.07, 6.45) is 0. The number of hydrogen-bond donors (Lipinski definition) is 1. The van der Waals surface area contributed by atoms with E-state index in [1.54, 1.807) is 0 Å². The Morgan fingerprint density at radius 2 is 1.71 bits per heavy atom. The topological polar surface area (TPSA) is 25.2 Å². The van der Waals surface area contributed by atoms with Crippen LogP contribution in [0.4, 0.5) is 0 Å². The van der Waals surface area contributed by atoms with E-state index in [-0.39, 0.29) is 6.04 Å². The zero-order valence-corrected chi connectivity index (χ0v) is 12.8. The maximum atomic E-state index is 6.01. The molecule has 3 aromatic rings. The molecule has 3 rings (SSSR count). The van der Waals surface area contributed by atoms with Crippen molar-refractivity contribution in [2.45, 2.75) is 33.4 Å². The molecule has 1 aromatic heterocycles. The Hall–Kier alpha value is -2.06. The molecule has 0 saturated heterocycles. The lowest BCUT2D eigenvalue weighted by molar-refractivity contribution is 0.447. The molecule has 2 aromatic carbocycles. The van der Waals surface area contributed by atoms with E-state index in [1.165, 1.54) is 22.1 Å². The molecule has 108 valence electrons. The summed E-state index contributed by atoms with van der Waals surface area (Å²) in [5.41, 5.74) is 4.78. The van der Waals surface area contributed by atoms with Gasteiger partial charge in [-0.2, -0.15) is 0 Å². The summed E-state index contributed by atoms with van der Waals surface area (Å²) in [6.45, 7) is 7.24. The van der Waals surface area contributed by atoms with Gasteiger partial charge in [-0.3, -0.25) is 0 Å². The maximum absolute atomic E-state index is 6.01. The van der Waals surface area contributed by atoms with Gasteiger partial charge in [-0.15, -0.1) is 0 Å². The lowest BCUT2D eigenvalue weighted by Crippen LogP contribution is -2.18. The predicted octanol–water partition coefficient (Wildman–Crippen LogP) is 4.90. The van der Waals surface area contributed by atoms with Crippen LogP contribution < -0.4 is 5.32 Å². The van der Waals surface area contributed by atoms with Gasteiger partial charge in [0.25, 0.3) is 0 Å². The van der Waals surface area contributed by atoms with Crippen LogP contribution in [0, 0.1) is 13.8 Å². The SMILES string of the molecule is Cc1ccc(CNC(C)c2oc3ccccc3c2C)cc1. The second kappa shape index (κ2) is 5.74. The van der Waals surface area contributed by atoms with E-state index in [4.69, 9.17) is 4.42 Å². The summed E-state index contributed by atoms with van der Waals surface area (Å²) in [5, 5.41) is 4.75. The Balaban J connectivity index is 1.76. The molecule has 1 N–H and O–H groups in total. The Bertz CT molecular complexity index is 740. The standard InChI is InChI=1S/C19H21NO/c1-13-8-10-16(11-9-13)12-20-15(3)19-14(2)17-6-4-5-7-18(17)21-19/h4-11,15,20H,12H2,1-3H3. The molecule has 0 aliphatic carbocycles. The zero-order valence-electron chi connectivity index (χ0n) is 12.8. The van der Waals surface area contributed by atoms with Crippen LogP contribution in [0.25, 0.3) is 11.0 Å². The molecule has 1 atom stereocenters. The molecule has 0 saturated carbocycles. The van der Waals surface area contributed by atoms with Crippen LogP contribution in [0.5, 0.6) is 0 Å². The molecule has 2 heteroatoms. The number of nitrogens with one attached hydrogen (secondary N) is 1. The normalized spacial score (nSPS) is 12.7. The molecule has 0 spiro atoms. The van der Waals surface area contributed by atoms with Crippen molar-refractivity contribution >= 4 is 11.0 Å². The minimum absolute atomic E-state index is 0.193. The highest BCUT2D eigenvalue weighted by Gasteiger charge is 2.15. The number of fused-ring (bicyclic) bond motifs is 1. The van der Waals surface area contributed by atoms with Crippen molar-refractivity contribution < 1.29 is 4.42 Å². The number of furan rings is 1. The molecule has 2 nitrogen and oxygen atoms in total. The summed E-state index contributed by atoms with van der Waals surface area (Å²) >= 11 is 0. The monoisotopic (exact) mass is 279 g/mol. The minimum Gasteiger partial charge on any atom is -0.459 e. The van der Waals surface area contributed by atoms with Crippen molar-refractivity contribution in [3.8, 4) is 0 Å². The summed E-state index contributed by atoms with van der Waals surface area (Å²) < 4.78 is 6.01. The quantitative estimate of drug-likeness (QED) is 0.734. The molecule has 0 radical (unpaired) electrons. The minimum atomic E-state index is 0.193. The van der Waals surface area contributed by atoms with E-state index in [9.17, 15) is 0 Å². The highest BCUT2D eigenvalue weighted by atomic mass is 16.3. The third kappa shape index (κ3) is 2.86. The molecule has 0 fully saturated rings. The first kappa shape index (κ1) is 13.9. The average molecular weight is 279 g/mol. The smallest absolute Gasteiger partial charge is 0.134 e. The van der Waals surface area contributed by atoms with Crippen LogP contribution in [0.2, 0.25) is 0 Å². The van der Waals surface area contributed by atoms with Crippen molar-refractivity contribution in [3.63, 3.8) is 0 Å². The molecule has 21 heavy (non-hydrogen) atoms. The van der Waals surface area contributed by atoms with Crippen LogP contribution in [0.15, 0.2) is 52.9 Å². The lowest BCUT2D eigenvalue weighted by atomic mass is 10.1. The number of rotatable bonds is 4. The Kier molecular flexibility index (Phi) is 3.80. The van der Waals surface area contributed by atoms with Crippen LogP contribution in [0.3, 0.4) is 0 Å². The summed E-state index contributed by atoms with van der Waals surface area (Å²) in [7, 11) is 0. The van der Waals surface area contributed by atoms with Gasteiger partial charge in [-0.1, -0.05) is 48.0 Å². The maximum Gasteiger partial charge on any atom is 0.134 e. The molecule has 0 aliphatic rings. The highest BCUT2D eigenvalue weighted by molar-refractivity contribution is 5.82. The van der Waals surface area contributed by atoms with Crippen molar-refractivity contribution in [1.82, 2.24) is 5.32 Å². The number of para-hydroxylation sites is 1. The first-order valence-corrected chi connectivity index (χ1v) is 7.42. The Morgan fingerprint density at radius 1 is 1.00 bits per heavy atom. The molecule has 1 unspecified atom stereocenters. The zero-order chi connectivity index (χ0) is 14.8. The highest BCUT2D eigenvalue weighted by Crippen LogP contribution is 2.29. The van der Waals surface area contributed by atoms with E-state index in [0.29, 0.717) is 0 Å². The van der Waals surface area contributed by atoms with E-state index in [0.717, 1.165) is 17.9 Å². The number of aryl methyl sites for hydroxylation is 2. The van der Waals surface area contributed by atoms with Crippen LogP contribution in [-0.4, -0.2) is 0 Å². The third-order valence-corrected chi connectivity index (χ3v) is 4.01. The number of benzene rings is 2. The van der Waals surface area contributed by atoms with Gasteiger partial charge in [0.15, 0.2) is 0 Å². The summed E-state index contributed by atoms with van der Waals surface area (Å²) in [5.74, 6) is 1.03. The first-order chi connectivity index (χ1) is 10.1. The fourth-order valence-electron chi connectivity index (χ4n) is 2.68. The molecular weight excluding hydrogens is 258 g/mol. The first-order valence-electron chi connectivity index (χ1n) is 7.42. The fraction of sp³-hybridized carbons (Fsp3) is 0.263. The Morgan fingerprint density at radius 3 is 2.43 bits per heavy atom. The van der Waals surface area contributed by atoms with E-state index in [2.05, 4.69) is 62.5 Å². The molecule has 1 heterocycles. The van der Waals surface area contributed by atoms with Gasteiger partial charge in [-0.25, -0.2) is 0 Å². The van der Waals surface area contributed by atoms with Gasteiger partial charge in [-0.05, 0) is 38.0 Å². The summed E-state index contributed by atoms with van der Waals surface area (Å²) in [6, 6.07) is 17.0. The van der Waals surface area contributed by atoms with Gasteiger partial charge in [0, 0.05) is 11.9 Å². The largest absolute Gasteiger partial charge is 0.459 e. The van der Waals surface area contributed by atoms with Crippen molar-refractivity contribution in [2.24, 2.45) is 0 Å². The van der Waals surface area contributed by atoms with Gasteiger partial charge in [0.05, 0.1) is 6.04 Å². The number of hydrogen-bond acceptors (Lipinski definition) is 2. The van der Waals surface area contributed by atoms with Crippen molar-refractivity contribution in [2.75, 3.05) is 0 Å². The van der Waals surface area contributed by atoms with Crippen LogP contribution in [-0.2, 0) is 6.54 Å². The third-order valence-electron chi connectivity index (χ3n) is 4.01. The summed E-state index contributed by atoms with van der Waals surface area (Å²) in [4.78, 5) is 0. The van der Waals surface area contributed by atoms with E-state index >= 15 is 0 Å². The van der Waals surface area contributed by atoms with Crippen LogP contribution >= 0.6 is 0 Å². The molecule has 0 amide bonds. The average Bonchev–Trinajstić information content (AvgIpc) is 2.84. The van der Waals surface area contributed by atoms with Crippen molar-refractivity contribution in [3.05, 3.63) is 71.0 Å². The Labute approximate surface area is 125 Å². The second-order valence-electron chi connectivity index (χ2n) is 5.68. The van der Waals surface area contributed by atoms with Crippen molar-refractivity contribution in [1.29, 1.82) is 0 Å². The van der Waals surface area contributed by atoms with Crippen LogP contribution in [0.1, 0.15) is 35.4 Å². The van der Waals surface area contributed by atoms with Gasteiger partial charge < -0.3 is 9.73 Å². The fourth-order valence-corrected chi connectivity index (χ4v) is 2.68. The van der Waals surface area contributed by atoms with Gasteiger partial charge in [0.2, 0.25) is 0 Å². The van der Waals surface area contributed by atoms with Gasteiger partial charge in [0.1, 0.15) is 11.3 Å². The predicted molar refractivity (Wildman–Crippen MR) is 87.4 cm³/mol. The molecule has 0 bridgehead atoms. The lowest BCUT2D eigenvalue weighted by Gasteiger charge is -2.12. The van der Waals surface area contributed by atoms with Gasteiger partial charge >= 0.3 is 0 Å². The van der Waals surface area contributed by atoms with E-state index in [1.807, 2.05) is 12.1 Å². The molecule has 0 aliphatic heterocycles. The van der Waals surface area contributed by atoms with E-state index < -0.39 is 0 Å².